The Balaban J connectivity index is 1.16. The fourth-order valence-electron chi connectivity index (χ4n) is 6.05. The molecule has 1 unspecified atom stereocenters. The van der Waals surface area contributed by atoms with Crippen LogP contribution in [-0.2, 0) is 32.2 Å². The fourth-order valence-corrected chi connectivity index (χ4v) is 6.20. The summed E-state index contributed by atoms with van der Waals surface area (Å²) in [6.07, 6.45) is 4.44. The van der Waals surface area contributed by atoms with Gasteiger partial charge in [-0.05, 0) is 72.0 Å². The van der Waals surface area contributed by atoms with Crippen molar-refractivity contribution in [3.63, 3.8) is 0 Å². The van der Waals surface area contributed by atoms with Crippen molar-refractivity contribution < 1.29 is 28.6 Å². The second-order valence-corrected chi connectivity index (χ2v) is 11.7. The molecule has 4 heterocycles. The summed E-state index contributed by atoms with van der Waals surface area (Å²) in [6, 6.07) is 13.8. The van der Waals surface area contributed by atoms with Crippen LogP contribution < -0.4 is 5.32 Å². The van der Waals surface area contributed by atoms with E-state index in [0.29, 0.717) is 44.8 Å². The number of piperidine rings is 1. The maximum absolute atomic E-state index is 13.7. The van der Waals surface area contributed by atoms with Crippen molar-refractivity contribution >= 4 is 56.6 Å². The SMILES string of the molecule is CC(=O)OC(C(=O)Cl)N(C(=O)CO)C1CCN(Cc2ccn3ncnc(Nc4ccc5c(cnn5Cc5cccc(F)c5)c4)c23)CC1. The number of carbonyl (C=O) groups is 3. The van der Waals surface area contributed by atoms with Crippen LogP contribution in [0.25, 0.3) is 16.4 Å². The van der Waals surface area contributed by atoms with Gasteiger partial charge < -0.3 is 15.2 Å². The Morgan fingerprint density at radius 1 is 1.13 bits per heavy atom. The summed E-state index contributed by atoms with van der Waals surface area (Å²) in [5, 5.41) is 21.7. The molecule has 1 atom stereocenters. The number of carbonyl (C=O) groups excluding carboxylic acids is 3. The Morgan fingerprint density at radius 3 is 2.66 bits per heavy atom. The van der Waals surface area contributed by atoms with Gasteiger partial charge in [-0.15, -0.1) is 0 Å². The first-order valence-corrected chi connectivity index (χ1v) is 15.4. The number of fused-ring (bicyclic) bond motifs is 2. The van der Waals surface area contributed by atoms with Crippen LogP contribution in [0.4, 0.5) is 15.9 Å². The number of nitrogens with zero attached hydrogens (tertiary/aromatic N) is 7. The Labute approximate surface area is 273 Å². The van der Waals surface area contributed by atoms with Gasteiger partial charge in [0, 0.05) is 49.9 Å². The van der Waals surface area contributed by atoms with Crippen molar-refractivity contribution in [1.82, 2.24) is 34.2 Å². The number of nitrogens with one attached hydrogen (secondary N) is 1. The van der Waals surface area contributed by atoms with Gasteiger partial charge in [0.1, 0.15) is 24.3 Å². The van der Waals surface area contributed by atoms with Gasteiger partial charge in [0.15, 0.2) is 5.82 Å². The molecule has 13 nitrogen and oxygen atoms in total. The maximum atomic E-state index is 13.7. The minimum Gasteiger partial charge on any atom is -0.433 e. The van der Waals surface area contributed by atoms with Crippen LogP contribution in [0.15, 0.2) is 67.3 Å². The molecule has 47 heavy (non-hydrogen) atoms. The first-order chi connectivity index (χ1) is 22.7. The number of anilines is 2. The van der Waals surface area contributed by atoms with E-state index in [-0.39, 0.29) is 5.82 Å². The van der Waals surface area contributed by atoms with E-state index in [9.17, 15) is 23.9 Å². The molecule has 0 bridgehead atoms. The Bertz CT molecular complexity index is 1940. The largest absolute Gasteiger partial charge is 0.433 e. The average Bonchev–Trinajstić information content (AvgIpc) is 3.65. The highest BCUT2D eigenvalue weighted by Gasteiger charge is 2.38. The monoisotopic (exact) mass is 662 g/mol. The zero-order chi connectivity index (χ0) is 33.1. The number of esters is 1. The lowest BCUT2D eigenvalue weighted by molar-refractivity contribution is -0.172. The zero-order valence-electron chi connectivity index (χ0n) is 25.4. The topological polar surface area (TPSA) is 147 Å². The van der Waals surface area contributed by atoms with Gasteiger partial charge in [-0.3, -0.25) is 28.9 Å². The van der Waals surface area contributed by atoms with E-state index in [2.05, 4.69) is 25.4 Å². The molecule has 6 rings (SSSR count). The van der Waals surface area contributed by atoms with Gasteiger partial charge in [0.25, 0.3) is 17.4 Å². The van der Waals surface area contributed by atoms with E-state index >= 15 is 0 Å². The molecule has 0 aliphatic carbocycles. The number of aliphatic hydroxyl groups is 1. The quantitative estimate of drug-likeness (QED) is 0.122. The molecular weight excluding hydrogens is 631 g/mol. The molecule has 1 fully saturated rings. The number of benzene rings is 2. The standard InChI is InChI=1S/C32H32ClFN8O5/c1-20(44)47-32(30(33)46)42(28(45)18-43)26-8-10-39(11-9-26)17-22-7-12-40-29(22)31(35-19-37-40)38-25-5-6-27-23(14-25)15-36-41(27)16-21-3-2-4-24(34)13-21/h2-7,12-15,19,26,32,43H,8-11,16-18H2,1H3,(H,35,37,38). The normalized spacial score (nSPS) is 14.7. The summed E-state index contributed by atoms with van der Waals surface area (Å²) in [4.78, 5) is 44.1. The predicted molar refractivity (Wildman–Crippen MR) is 170 cm³/mol. The molecule has 0 radical (unpaired) electrons. The van der Waals surface area contributed by atoms with Gasteiger partial charge in [-0.2, -0.15) is 10.2 Å². The van der Waals surface area contributed by atoms with Crippen LogP contribution in [0.5, 0.6) is 0 Å². The molecule has 0 spiro atoms. The average molecular weight is 663 g/mol. The third-order valence-corrected chi connectivity index (χ3v) is 8.34. The Hall–Kier alpha value is -4.92. The van der Waals surface area contributed by atoms with E-state index in [1.807, 2.05) is 41.2 Å². The van der Waals surface area contributed by atoms with E-state index in [1.165, 1.54) is 18.5 Å². The fraction of sp³-hybridized carbons (Fsp3) is 0.312. The zero-order valence-corrected chi connectivity index (χ0v) is 26.2. The van der Waals surface area contributed by atoms with Crippen molar-refractivity contribution in [2.45, 2.75) is 45.1 Å². The number of amides is 1. The second-order valence-electron chi connectivity index (χ2n) is 11.3. The summed E-state index contributed by atoms with van der Waals surface area (Å²) < 4.78 is 22.3. The minimum absolute atomic E-state index is 0.286. The van der Waals surface area contributed by atoms with E-state index in [0.717, 1.165) is 45.1 Å². The number of hydrogen-bond donors (Lipinski definition) is 2. The van der Waals surface area contributed by atoms with E-state index in [1.54, 1.807) is 16.8 Å². The van der Waals surface area contributed by atoms with Gasteiger partial charge in [-0.1, -0.05) is 12.1 Å². The molecule has 15 heteroatoms. The number of aromatic nitrogens is 5. The molecule has 1 saturated heterocycles. The number of aliphatic hydroxyl groups excluding tert-OH is 1. The summed E-state index contributed by atoms with van der Waals surface area (Å²) >= 11 is 5.68. The first-order valence-electron chi connectivity index (χ1n) is 15.0. The molecule has 3 aromatic heterocycles. The molecule has 244 valence electrons. The van der Waals surface area contributed by atoms with Crippen molar-refractivity contribution in [2.75, 3.05) is 25.0 Å². The smallest absolute Gasteiger partial charge is 0.304 e. The highest BCUT2D eigenvalue weighted by atomic mass is 35.5. The Kier molecular flexibility index (Phi) is 9.43. The third kappa shape index (κ3) is 7.09. The lowest BCUT2D eigenvalue weighted by atomic mass is 10.0. The number of halogens is 2. The second kappa shape index (κ2) is 13.8. The van der Waals surface area contributed by atoms with Crippen molar-refractivity contribution in [1.29, 1.82) is 0 Å². The van der Waals surface area contributed by atoms with Crippen molar-refractivity contribution in [3.05, 3.63) is 84.2 Å². The van der Waals surface area contributed by atoms with Gasteiger partial charge in [0.2, 0.25) is 0 Å². The van der Waals surface area contributed by atoms with Crippen molar-refractivity contribution in [3.8, 4) is 0 Å². The van der Waals surface area contributed by atoms with E-state index < -0.39 is 36.0 Å². The van der Waals surface area contributed by atoms with Crippen LogP contribution in [0.1, 0.15) is 30.9 Å². The highest BCUT2D eigenvalue weighted by Crippen LogP contribution is 2.28. The van der Waals surface area contributed by atoms with Crippen LogP contribution in [0.3, 0.4) is 0 Å². The van der Waals surface area contributed by atoms with Crippen LogP contribution in [-0.4, -0.2) is 88.4 Å². The number of rotatable bonds is 11. The summed E-state index contributed by atoms with van der Waals surface area (Å²) in [5.74, 6) is -1.18. The molecule has 2 N–H and O–H groups in total. The number of hydrogen-bond acceptors (Lipinski definition) is 10. The predicted octanol–water partition coefficient (Wildman–Crippen LogP) is 3.45. The van der Waals surface area contributed by atoms with Crippen LogP contribution in [0, 0.1) is 5.82 Å². The molecule has 0 saturated carbocycles. The lowest BCUT2D eigenvalue weighted by Gasteiger charge is -2.40. The highest BCUT2D eigenvalue weighted by molar-refractivity contribution is 6.64. The molecule has 1 aliphatic rings. The summed E-state index contributed by atoms with van der Waals surface area (Å²) in [7, 11) is 0. The van der Waals surface area contributed by atoms with Gasteiger partial charge in [0.05, 0.1) is 18.3 Å². The first kappa shape index (κ1) is 32.0. The molecule has 5 aromatic rings. The third-order valence-electron chi connectivity index (χ3n) is 8.16. The molecule has 1 aliphatic heterocycles. The molecule has 2 aromatic carbocycles. The van der Waals surface area contributed by atoms with Gasteiger partial charge in [-0.25, -0.2) is 13.9 Å². The van der Waals surface area contributed by atoms with Crippen molar-refractivity contribution in [2.24, 2.45) is 0 Å². The molecular formula is C32H32ClFN8O5. The van der Waals surface area contributed by atoms with Crippen LogP contribution in [0.2, 0.25) is 0 Å². The summed E-state index contributed by atoms with van der Waals surface area (Å²) in [6.45, 7) is 2.40. The Morgan fingerprint density at radius 2 is 1.94 bits per heavy atom. The number of ether oxygens (including phenoxy) is 1. The summed E-state index contributed by atoms with van der Waals surface area (Å²) in [5.41, 5.74) is 4.32. The minimum atomic E-state index is -1.60. The van der Waals surface area contributed by atoms with Gasteiger partial charge >= 0.3 is 5.97 Å². The lowest BCUT2D eigenvalue weighted by Crippen LogP contribution is -2.55. The van der Waals surface area contributed by atoms with E-state index in [4.69, 9.17) is 16.3 Å². The molecule has 1 amide bonds. The van der Waals surface area contributed by atoms with Crippen LogP contribution >= 0.6 is 11.6 Å². The number of likely N-dealkylation sites (tertiary alicyclic amines) is 1. The maximum Gasteiger partial charge on any atom is 0.304 e.